The maximum absolute atomic E-state index is 13.4. The fourth-order valence-corrected chi connectivity index (χ4v) is 4.92. The van der Waals surface area contributed by atoms with Gasteiger partial charge in [0.25, 0.3) is 12.3 Å². The predicted molar refractivity (Wildman–Crippen MR) is 115 cm³/mol. The summed E-state index contributed by atoms with van der Waals surface area (Å²) in [5.74, 6) is 4.75. The number of hydrogen-bond donors (Lipinski definition) is 0. The summed E-state index contributed by atoms with van der Waals surface area (Å²) < 4.78 is 83.8. The number of fused-ring (bicyclic) bond motifs is 9. The van der Waals surface area contributed by atoms with Gasteiger partial charge < -0.3 is 14.2 Å². The van der Waals surface area contributed by atoms with Crippen LogP contribution in [0.1, 0.15) is 62.8 Å². The zero-order valence-corrected chi connectivity index (χ0v) is 17.6. The van der Waals surface area contributed by atoms with E-state index in [1.54, 1.807) is 22.8 Å². The molecule has 0 saturated heterocycles. The van der Waals surface area contributed by atoms with Gasteiger partial charge in [0.15, 0.2) is 0 Å². The maximum atomic E-state index is 13.4. The number of hydrogen-bond acceptors (Lipinski definition) is 3. The second kappa shape index (κ2) is 7.23. The Morgan fingerprint density at radius 3 is 2.74 bits per heavy atom. The lowest BCUT2D eigenvalue weighted by Crippen LogP contribution is -2.30. The average Bonchev–Trinajstić information content (AvgIpc) is 3.45. The summed E-state index contributed by atoms with van der Waals surface area (Å²) >= 11 is 0. The summed E-state index contributed by atoms with van der Waals surface area (Å²) in [7, 11) is 0. The largest absolute Gasteiger partial charge is 0.434 e. The Balaban J connectivity index is 1.56. The van der Waals surface area contributed by atoms with Gasteiger partial charge in [-0.15, -0.1) is 0 Å². The molecule has 3 aliphatic rings. The second-order valence-electron chi connectivity index (χ2n) is 8.79. The van der Waals surface area contributed by atoms with Crippen molar-refractivity contribution in [2.24, 2.45) is 5.41 Å². The Hall–Kier alpha value is -3.54. The van der Waals surface area contributed by atoms with E-state index in [4.69, 9.17) is 8.85 Å². The Bertz CT molecular complexity index is 1500. The predicted octanol–water partition coefficient (Wildman–Crippen LogP) is 5.15. The Morgan fingerprint density at radius 1 is 1.21 bits per heavy atom. The van der Waals surface area contributed by atoms with E-state index in [2.05, 4.69) is 16.8 Å². The molecule has 2 aromatic carbocycles. The fraction of sp³-hybridized carbons (Fsp3) is 0.360. The van der Waals surface area contributed by atoms with Gasteiger partial charge in [0.05, 0.1) is 28.5 Å². The Labute approximate surface area is 196 Å². The van der Waals surface area contributed by atoms with Crippen LogP contribution in [0.2, 0.25) is 0 Å². The number of benzene rings is 2. The molecule has 174 valence electrons. The number of carbonyl (C=O) groups is 1. The molecular formula is C25H19F4N3O2. The average molecular weight is 472 g/mol. The third-order valence-corrected chi connectivity index (χ3v) is 6.81. The molecule has 1 aliphatic carbocycles. The normalized spacial score (nSPS) is 23.5. The third-order valence-electron chi connectivity index (χ3n) is 6.81. The van der Waals surface area contributed by atoms with Crippen LogP contribution in [0.5, 0.6) is 5.75 Å². The summed E-state index contributed by atoms with van der Waals surface area (Å²) in [5, 5.41) is 0. The molecule has 1 amide bonds. The van der Waals surface area contributed by atoms with E-state index in [1.165, 1.54) is 18.2 Å². The van der Waals surface area contributed by atoms with E-state index in [0.29, 0.717) is 35.3 Å². The minimum Gasteiger partial charge on any atom is -0.434 e. The summed E-state index contributed by atoms with van der Waals surface area (Å²) in [4.78, 5) is 18.8. The number of nitrogens with zero attached hydrogens (tertiary/aromatic N) is 3. The van der Waals surface area contributed by atoms with Crippen LogP contribution in [0, 0.1) is 17.3 Å². The quantitative estimate of drug-likeness (QED) is 0.391. The van der Waals surface area contributed by atoms with Crippen LogP contribution < -0.4 is 4.74 Å². The monoisotopic (exact) mass is 472 g/mol. The van der Waals surface area contributed by atoms with E-state index in [-0.39, 0.29) is 23.3 Å². The lowest BCUT2D eigenvalue weighted by Gasteiger charge is -2.24. The van der Waals surface area contributed by atoms with E-state index < -0.39 is 43.4 Å². The topological polar surface area (TPSA) is 47.4 Å². The molecule has 2 aliphatic heterocycles. The van der Waals surface area contributed by atoms with Crippen molar-refractivity contribution in [3.63, 3.8) is 0 Å². The molecule has 0 unspecified atom stereocenters. The molecule has 6 rings (SSSR count). The SMILES string of the molecule is [2H]C([2H])([2H])N1C(=O)c2cccc(OC(F)F)c2[C@H]2C[C@@H]1c1nc3ccc(C#CC4(C(F)F)CC4)cc3n12. The second-order valence-corrected chi connectivity index (χ2v) is 8.79. The van der Waals surface area contributed by atoms with Gasteiger partial charge in [0.2, 0.25) is 0 Å². The van der Waals surface area contributed by atoms with Crippen LogP contribution in [0.15, 0.2) is 36.4 Å². The van der Waals surface area contributed by atoms with Crippen molar-refractivity contribution in [2.45, 2.75) is 44.4 Å². The number of aromatic nitrogens is 2. The molecule has 1 saturated carbocycles. The summed E-state index contributed by atoms with van der Waals surface area (Å²) in [6.45, 7) is -5.99. The number of alkyl halides is 4. The fourth-order valence-electron chi connectivity index (χ4n) is 4.92. The van der Waals surface area contributed by atoms with Crippen LogP contribution >= 0.6 is 0 Å². The van der Waals surface area contributed by atoms with Gasteiger partial charge in [0, 0.05) is 34.2 Å². The molecule has 5 nitrogen and oxygen atoms in total. The zero-order chi connectivity index (χ0) is 26.3. The van der Waals surface area contributed by atoms with Crippen molar-refractivity contribution >= 4 is 16.9 Å². The first kappa shape index (κ1) is 17.9. The molecule has 9 heteroatoms. The van der Waals surface area contributed by atoms with Crippen LogP contribution in [0.4, 0.5) is 17.6 Å². The van der Waals surface area contributed by atoms with Gasteiger partial charge >= 0.3 is 6.61 Å². The molecule has 2 bridgehead atoms. The molecule has 1 aromatic heterocycles. The zero-order valence-electron chi connectivity index (χ0n) is 20.6. The van der Waals surface area contributed by atoms with Crippen molar-refractivity contribution in [2.75, 3.05) is 6.98 Å². The van der Waals surface area contributed by atoms with Crippen molar-refractivity contribution in [1.29, 1.82) is 0 Å². The third kappa shape index (κ3) is 3.01. The molecule has 34 heavy (non-hydrogen) atoms. The van der Waals surface area contributed by atoms with Crippen LogP contribution in [-0.2, 0) is 0 Å². The first-order valence-corrected chi connectivity index (χ1v) is 10.7. The van der Waals surface area contributed by atoms with Crippen LogP contribution in [0.3, 0.4) is 0 Å². The highest BCUT2D eigenvalue weighted by Crippen LogP contribution is 2.51. The molecule has 0 spiro atoms. The van der Waals surface area contributed by atoms with Crippen molar-refractivity contribution in [1.82, 2.24) is 14.5 Å². The smallest absolute Gasteiger partial charge is 0.387 e. The van der Waals surface area contributed by atoms with Crippen LogP contribution in [0.25, 0.3) is 11.0 Å². The highest BCUT2D eigenvalue weighted by atomic mass is 19.3. The van der Waals surface area contributed by atoms with E-state index in [0.717, 1.165) is 4.90 Å². The van der Waals surface area contributed by atoms with Gasteiger partial charge in [-0.05, 0) is 43.2 Å². The summed E-state index contributed by atoms with van der Waals surface area (Å²) in [5.41, 5.74) is 0.269. The molecule has 0 radical (unpaired) electrons. The maximum Gasteiger partial charge on any atom is 0.387 e. The minimum atomic E-state index is -3.16. The molecule has 0 N–H and O–H groups in total. The minimum absolute atomic E-state index is 0.0437. The number of carbonyl (C=O) groups excluding carboxylic acids is 1. The van der Waals surface area contributed by atoms with Crippen LogP contribution in [-0.4, -0.2) is 40.4 Å². The molecule has 1 fully saturated rings. The standard InChI is InChI=1S/C25H19F4N3O2/c1-31-18-12-17(20-14(22(31)33)3-2-4-19(20)34-24(28)29)32-16-11-13(5-6-15(16)30-21(18)32)7-8-25(9-10-25)23(26)27/h2-6,11,17-18,23-24H,9-10,12H2,1H3/t17-,18-/m1/s1/i1D3. The first-order valence-electron chi connectivity index (χ1n) is 12.2. The Morgan fingerprint density at radius 2 is 2.03 bits per heavy atom. The number of imidazole rings is 1. The number of halogens is 4. The molecule has 3 heterocycles. The van der Waals surface area contributed by atoms with Crippen molar-refractivity contribution < 1.29 is 31.2 Å². The van der Waals surface area contributed by atoms with E-state index >= 15 is 0 Å². The van der Waals surface area contributed by atoms with Crippen molar-refractivity contribution in [3.05, 3.63) is 58.9 Å². The van der Waals surface area contributed by atoms with Gasteiger partial charge in [-0.1, -0.05) is 17.9 Å². The number of ether oxygens (including phenoxy) is 1. The summed E-state index contributed by atoms with van der Waals surface area (Å²) in [6, 6.07) is 7.32. The highest BCUT2D eigenvalue weighted by Gasteiger charge is 2.50. The number of amides is 1. The van der Waals surface area contributed by atoms with E-state index in [9.17, 15) is 22.4 Å². The van der Waals surface area contributed by atoms with Crippen molar-refractivity contribution in [3.8, 4) is 17.6 Å². The van der Waals surface area contributed by atoms with Gasteiger partial charge in [-0.2, -0.15) is 8.78 Å². The highest BCUT2D eigenvalue weighted by molar-refractivity contribution is 5.97. The molecule has 3 aromatic rings. The molecular weight excluding hydrogens is 450 g/mol. The van der Waals surface area contributed by atoms with Gasteiger partial charge in [-0.25, -0.2) is 13.8 Å². The van der Waals surface area contributed by atoms with Gasteiger partial charge in [0.1, 0.15) is 11.6 Å². The van der Waals surface area contributed by atoms with Gasteiger partial charge in [-0.3, -0.25) is 4.79 Å². The number of rotatable bonds is 3. The first-order chi connectivity index (χ1) is 17.5. The van der Waals surface area contributed by atoms with E-state index in [1.807, 2.05) is 0 Å². The lowest BCUT2D eigenvalue weighted by atomic mass is 9.97. The summed E-state index contributed by atoms with van der Waals surface area (Å²) in [6.07, 6.45) is -1.80. The molecule has 2 atom stereocenters. The lowest BCUT2D eigenvalue weighted by molar-refractivity contribution is -0.0507. The Kier molecular flexibility index (Phi) is 3.80.